The molecule has 1 heterocycles. The van der Waals surface area contributed by atoms with Gasteiger partial charge in [-0.2, -0.15) is 13.2 Å². The highest BCUT2D eigenvalue weighted by molar-refractivity contribution is 6.16. The number of halogens is 3. The number of hydrogen-bond donors (Lipinski definition) is 0. The smallest absolute Gasteiger partial charge is 0.433 e. The van der Waals surface area contributed by atoms with Gasteiger partial charge in [-0.15, -0.1) is 0 Å². The van der Waals surface area contributed by atoms with Crippen LogP contribution in [0.3, 0.4) is 0 Å². The van der Waals surface area contributed by atoms with Crippen LogP contribution in [0.15, 0.2) is 43.0 Å². The second-order valence-corrected chi connectivity index (χ2v) is 5.10. The zero-order chi connectivity index (χ0) is 19.3. The SMILES string of the molecule is C=C(C(=O)OC)c1cccc(OC)c1COc1cccc(C(F)(F)F)n1. The number of carbonyl (C=O) groups excluding carboxylic acids is 1. The van der Waals surface area contributed by atoms with E-state index in [-0.39, 0.29) is 18.1 Å². The van der Waals surface area contributed by atoms with Gasteiger partial charge in [0.1, 0.15) is 18.1 Å². The summed E-state index contributed by atoms with van der Waals surface area (Å²) in [5.41, 5.74) is -0.149. The number of methoxy groups -OCH3 is 2. The lowest BCUT2D eigenvalue weighted by molar-refractivity contribution is -0.141. The number of hydrogen-bond acceptors (Lipinski definition) is 5. The van der Waals surface area contributed by atoms with E-state index in [9.17, 15) is 18.0 Å². The summed E-state index contributed by atoms with van der Waals surface area (Å²) < 4.78 is 53.5. The highest BCUT2D eigenvalue weighted by Gasteiger charge is 2.32. The second kappa shape index (κ2) is 7.90. The monoisotopic (exact) mass is 367 g/mol. The Kier molecular flexibility index (Phi) is 5.86. The number of rotatable bonds is 6. The largest absolute Gasteiger partial charge is 0.496 e. The zero-order valence-corrected chi connectivity index (χ0v) is 14.1. The molecule has 0 radical (unpaired) electrons. The highest BCUT2D eigenvalue weighted by Crippen LogP contribution is 2.31. The van der Waals surface area contributed by atoms with Crippen LogP contribution in [0.25, 0.3) is 5.57 Å². The Labute approximate surface area is 148 Å². The number of benzene rings is 1. The average molecular weight is 367 g/mol. The summed E-state index contributed by atoms with van der Waals surface area (Å²) in [6.07, 6.45) is -4.58. The lowest BCUT2D eigenvalue weighted by Crippen LogP contribution is -2.10. The molecule has 0 aliphatic rings. The van der Waals surface area contributed by atoms with E-state index in [1.807, 2.05) is 0 Å². The molecule has 0 bridgehead atoms. The molecule has 1 aromatic heterocycles. The molecule has 8 heteroatoms. The van der Waals surface area contributed by atoms with Gasteiger partial charge in [0.25, 0.3) is 0 Å². The van der Waals surface area contributed by atoms with E-state index in [1.165, 1.54) is 26.4 Å². The predicted octanol–water partition coefficient (Wildman–Crippen LogP) is 3.87. The molecule has 0 aliphatic heterocycles. The molecule has 0 amide bonds. The van der Waals surface area contributed by atoms with E-state index in [0.717, 1.165) is 6.07 Å². The van der Waals surface area contributed by atoms with Crippen molar-refractivity contribution in [1.29, 1.82) is 0 Å². The van der Waals surface area contributed by atoms with Gasteiger partial charge in [-0.3, -0.25) is 0 Å². The molecule has 0 saturated heterocycles. The molecule has 0 fully saturated rings. The maximum absolute atomic E-state index is 12.7. The van der Waals surface area contributed by atoms with Crippen LogP contribution in [-0.2, 0) is 22.3 Å². The lowest BCUT2D eigenvalue weighted by atomic mass is 10.0. The molecular weight excluding hydrogens is 351 g/mol. The minimum atomic E-state index is -4.58. The van der Waals surface area contributed by atoms with Crippen molar-refractivity contribution in [3.05, 3.63) is 59.8 Å². The maximum Gasteiger partial charge on any atom is 0.433 e. The Morgan fingerprint density at radius 1 is 1.15 bits per heavy atom. The molecule has 26 heavy (non-hydrogen) atoms. The molecule has 138 valence electrons. The molecule has 0 N–H and O–H groups in total. The Morgan fingerprint density at radius 3 is 2.46 bits per heavy atom. The summed E-state index contributed by atoms with van der Waals surface area (Å²) in [5, 5.41) is 0. The number of aromatic nitrogens is 1. The fraction of sp³-hybridized carbons (Fsp3) is 0.222. The van der Waals surface area contributed by atoms with Gasteiger partial charge in [0.2, 0.25) is 5.88 Å². The third-order valence-corrected chi connectivity index (χ3v) is 3.49. The van der Waals surface area contributed by atoms with Crippen molar-refractivity contribution in [1.82, 2.24) is 4.98 Å². The Hall–Kier alpha value is -3.03. The highest BCUT2D eigenvalue weighted by atomic mass is 19.4. The first-order valence-corrected chi connectivity index (χ1v) is 7.38. The van der Waals surface area contributed by atoms with Crippen LogP contribution in [0.4, 0.5) is 13.2 Å². The summed E-state index contributed by atoms with van der Waals surface area (Å²) in [6, 6.07) is 8.24. The van der Waals surface area contributed by atoms with Crippen molar-refractivity contribution in [3.63, 3.8) is 0 Å². The second-order valence-electron chi connectivity index (χ2n) is 5.10. The number of carbonyl (C=O) groups is 1. The zero-order valence-electron chi connectivity index (χ0n) is 14.1. The minimum absolute atomic E-state index is 0.0713. The van der Waals surface area contributed by atoms with Crippen molar-refractivity contribution >= 4 is 11.5 Å². The Bertz CT molecular complexity index is 818. The van der Waals surface area contributed by atoms with Gasteiger partial charge in [0.05, 0.1) is 19.8 Å². The molecule has 0 saturated carbocycles. The van der Waals surface area contributed by atoms with Crippen molar-refractivity contribution in [2.24, 2.45) is 0 Å². The predicted molar refractivity (Wildman–Crippen MR) is 87.6 cm³/mol. The van der Waals surface area contributed by atoms with Gasteiger partial charge in [-0.05, 0) is 17.7 Å². The van der Waals surface area contributed by atoms with E-state index in [0.29, 0.717) is 16.9 Å². The molecule has 0 aliphatic carbocycles. The number of esters is 1. The van der Waals surface area contributed by atoms with Gasteiger partial charge in [-0.1, -0.05) is 24.8 Å². The fourth-order valence-corrected chi connectivity index (χ4v) is 2.22. The number of alkyl halides is 3. The Balaban J connectivity index is 2.32. The van der Waals surface area contributed by atoms with Crippen LogP contribution in [0.2, 0.25) is 0 Å². The quantitative estimate of drug-likeness (QED) is 0.573. The third-order valence-electron chi connectivity index (χ3n) is 3.49. The fourth-order valence-electron chi connectivity index (χ4n) is 2.22. The first kappa shape index (κ1) is 19.3. The van der Waals surface area contributed by atoms with E-state index in [4.69, 9.17) is 9.47 Å². The summed E-state index contributed by atoms with van der Waals surface area (Å²) in [4.78, 5) is 15.2. The van der Waals surface area contributed by atoms with E-state index in [1.54, 1.807) is 18.2 Å². The van der Waals surface area contributed by atoms with Crippen LogP contribution in [-0.4, -0.2) is 25.2 Å². The first-order chi connectivity index (χ1) is 12.3. The van der Waals surface area contributed by atoms with Crippen LogP contribution in [0.5, 0.6) is 11.6 Å². The summed E-state index contributed by atoms with van der Waals surface area (Å²) in [6.45, 7) is 3.51. The van der Waals surface area contributed by atoms with Gasteiger partial charge >= 0.3 is 12.1 Å². The number of nitrogens with zero attached hydrogens (tertiary/aromatic N) is 1. The van der Waals surface area contributed by atoms with Crippen LogP contribution in [0.1, 0.15) is 16.8 Å². The summed E-state index contributed by atoms with van der Waals surface area (Å²) >= 11 is 0. The third kappa shape index (κ3) is 4.33. The van der Waals surface area contributed by atoms with Gasteiger partial charge in [0, 0.05) is 11.6 Å². The van der Waals surface area contributed by atoms with Crippen LogP contribution in [0, 0.1) is 0 Å². The van der Waals surface area contributed by atoms with E-state index >= 15 is 0 Å². The van der Waals surface area contributed by atoms with Crippen LogP contribution < -0.4 is 9.47 Å². The summed E-state index contributed by atoms with van der Waals surface area (Å²) in [7, 11) is 2.64. The topological polar surface area (TPSA) is 57.7 Å². The molecule has 2 aromatic rings. The van der Waals surface area contributed by atoms with Gasteiger partial charge in [0.15, 0.2) is 0 Å². The van der Waals surface area contributed by atoms with Crippen molar-refractivity contribution in [3.8, 4) is 11.6 Å². The van der Waals surface area contributed by atoms with E-state index < -0.39 is 17.8 Å². The standard InChI is InChI=1S/C18H16F3NO4/c1-11(17(23)25-3)12-6-4-7-14(24-2)13(12)10-26-16-9-5-8-15(22-16)18(19,20)21/h4-9H,1,10H2,2-3H3. The lowest BCUT2D eigenvalue weighted by Gasteiger charge is -2.15. The molecule has 0 spiro atoms. The molecular formula is C18H16F3NO4. The summed E-state index contributed by atoms with van der Waals surface area (Å²) in [5.74, 6) is -0.461. The Morgan fingerprint density at radius 2 is 1.85 bits per heavy atom. The average Bonchev–Trinajstić information content (AvgIpc) is 2.64. The number of ether oxygens (including phenoxy) is 3. The van der Waals surface area contributed by atoms with Crippen molar-refractivity contribution in [2.75, 3.05) is 14.2 Å². The van der Waals surface area contributed by atoms with Crippen LogP contribution >= 0.6 is 0 Å². The molecule has 0 unspecified atom stereocenters. The normalized spacial score (nSPS) is 11.0. The maximum atomic E-state index is 12.7. The first-order valence-electron chi connectivity index (χ1n) is 7.38. The minimum Gasteiger partial charge on any atom is -0.496 e. The number of pyridine rings is 1. The molecule has 1 aromatic carbocycles. The van der Waals surface area contributed by atoms with Gasteiger partial charge in [-0.25, -0.2) is 9.78 Å². The van der Waals surface area contributed by atoms with Crippen molar-refractivity contribution < 1.29 is 32.2 Å². The van der Waals surface area contributed by atoms with Gasteiger partial charge < -0.3 is 14.2 Å². The molecule has 0 atom stereocenters. The molecule has 2 rings (SSSR count). The van der Waals surface area contributed by atoms with E-state index in [2.05, 4.69) is 16.3 Å². The molecule has 5 nitrogen and oxygen atoms in total. The van der Waals surface area contributed by atoms with Crippen molar-refractivity contribution in [2.45, 2.75) is 12.8 Å².